The molecule has 8 amide bonds. The van der Waals surface area contributed by atoms with E-state index in [0.29, 0.717) is 22.1 Å². The highest BCUT2D eigenvalue weighted by molar-refractivity contribution is 8.76. The number of benzene rings is 2. The monoisotopic (exact) mass is 1140 g/mol. The Bertz CT molecular complexity index is 2810. The van der Waals surface area contributed by atoms with Crippen LogP contribution in [0.4, 0.5) is 0 Å². The molecule has 80 heavy (non-hydrogen) atoms. The molecule has 10 atom stereocenters. The number of likely N-dealkylation sites (N-methyl/N-ethyl adjacent to an activating group) is 4. The number of carbonyl (C=O) groups excluding carboxylic acids is 10. The molecule has 2 aromatic carbocycles. The number of carbonyl (C=O) groups is 10. The molecule has 26 heteroatoms. The smallest absolute Gasteiger partial charge is 0.329 e. The molecular weight excluding hydrogens is 1070 g/mol. The van der Waals surface area contributed by atoms with Crippen LogP contribution in [0.1, 0.15) is 76.4 Å². The summed E-state index contributed by atoms with van der Waals surface area (Å²) in [7, 11) is 7.59. The van der Waals surface area contributed by atoms with Gasteiger partial charge in [0.05, 0.1) is 34.5 Å². The third kappa shape index (κ3) is 14.5. The van der Waals surface area contributed by atoms with Crippen LogP contribution in [0.3, 0.4) is 0 Å². The largest absolute Gasteiger partial charge is 0.461 e. The van der Waals surface area contributed by atoms with Crippen molar-refractivity contribution in [3.8, 4) is 0 Å². The molecule has 0 radical (unpaired) electrons. The molecule has 2 aliphatic rings. The first-order valence-electron chi connectivity index (χ1n) is 26.1. The molecule has 6 rings (SSSR count). The Morgan fingerprint density at radius 1 is 0.537 bits per heavy atom. The van der Waals surface area contributed by atoms with Crippen molar-refractivity contribution in [2.24, 2.45) is 23.7 Å². The SMILES string of the molecule is CC(C)[C@@H](C)[C@H]1C(=O)OC[C@@H](NC(=O)c2cnc3ccccc3n2)C(=O)N[C@@H](C)C(=O)N(C)[C@H]2CSSC[C@H](C(=O)N1C)N(C)C(=O)[C@H](C)NC(=O)[C@H](NC(=O)c1cnc3ccccc3n1)COC(=O)[C@H]([C@H](C)C(C)C)N(C)C2=O. The molecule has 2 aromatic heterocycles. The van der Waals surface area contributed by atoms with Crippen LogP contribution >= 0.6 is 21.6 Å². The number of rotatable bonds is 8. The minimum atomic E-state index is -1.66. The summed E-state index contributed by atoms with van der Waals surface area (Å²) in [6, 6.07) is 2.06. The molecule has 430 valence electrons. The van der Waals surface area contributed by atoms with Gasteiger partial charge < -0.3 is 50.3 Å². The van der Waals surface area contributed by atoms with Gasteiger partial charge in [0.15, 0.2) is 0 Å². The molecule has 0 saturated carbocycles. The summed E-state index contributed by atoms with van der Waals surface area (Å²) in [6.07, 6.45) is 2.42. The van der Waals surface area contributed by atoms with Crippen molar-refractivity contribution in [2.45, 2.75) is 104 Å². The van der Waals surface area contributed by atoms with Gasteiger partial charge in [-0.2, -0.15) is 0 Å². The summed E-state index contributed by atoms with van der Waals surface area (Å²) in [5.41, 5.74) is 1.39. The predicted molar refractivity (Wildman–Crippen MR) is 298 cm³/mol. The van der Waals surface area contributed by atoms with Crippen molar-refractivity contribution in [3.63, 3.8) is 0 Å². The number of cyclic esters (lactones) is 2. The second-order valence-corrected chi connectivity index (χ2v) is 23.3. The van der Waals surface area contributed by atoms with Crippen molar-refractivity contribution in [2.75, 3.05) is 52.9 Å². The van der Waals surface area contributed by atoms with Gasteiger partial charge in [0, 0.05) is 39.7 Å². The predicted octanol–water partition coefficient (Wildman–Crippen LogP) is 1.87. The molecule has 0 aliphatic carbocycles. The van der Waals surface area contributed by atoms with Gasteiger partial charge in [-0.25, -0.2) is 19.6 Å². The van der Waals surface area contributed by atoms with E-state index in [1.165, 1.54) is 54.4 Å². The van der Waals surface area contributed by atoms with Crippen LogP contribution in [0.5, 0.6) is 0 Å². The molecule has 2 aliphatic heterocycles. The van der Waals surface area contributed by atoms with Crippen LogP contribution in [0, 0.1) is 23.7 Å². The number of esters is 2. The average molecular weight is 1140 g/mol. The van der Waals surface area contributed by atoms with Gasteiger partial charge in [0.2, 0.25) is 35.4 Å². The summed E-state index contributed by atoms with van der Waals surface area (Å²) in [6.45, 7) is 11.9. The average Bonchev–Trinajstić information content (AvgIpc) is 3.48. The fourth-order valence-corrected chi connectivity index (χ4v) is 11.5. The Morgan fingerprint density at radius 2 is 0.875 bits per heavy atom. The number of aromatic nitrogens is 4. The van der Waals surface area contributed by atoms with E-state index < -0.39 is 133 Å². The number of fused-ring (bicyclic) bond motifs is 7. The van der Waals surface area contributed by atoms with Gasteiger partial charge >= 0.3 is 11.9 Å². The fraction of sp³-hybridized carbons (Fsp3) is 0.519. The Kier molecular flexibility index (Phi) is 20.9. The van der Waals surface area contributed by atoms with Gasteiger partial charge in [0.25, 0.3) is 11.8 Å². The number of ether oxygens (including phenoxy) is 2. The highest BCUT2D eigenvalue weighted by Crippen LogP contribution is 2.30. The van der Waals surface area contributed by atoms with E-state index in [1.54, 1.807) is 62.4 Å². The molecule has 4 aromatic rings. The maximum absolute atomic E-state index is 15.1. The van der Waals surface area contributed by atoms with E-state index in [9.17, 15) is 38.4 Å². The summed E-state index contributed by atoms with van der Waals surface area (Å²) >= 11 is 0. The summed E-state index contributed by atoms with van der Waals surface area (Å²) in [5.74, 6) is -10.7. The lowest BCUT2D eigenvalue weighted by Gasteiger charge is -2.39. The first kappa shape index (κ1) is 61.7. The number of nitrogens with one attached hydrogen (secondary N) is 4. The number of nitrogens with zero attached hydrogens (tertiary/aromatic N) is 8. The van der Waals surface area contributed by atoms with Gasteiger partial charge in [-0.05, 0) is 61.8 Å². The minimum absolute atomic E-state index is 0.161. The van der Waals surface area contributed by atoms with Gasteiger partial charge in [-0.3, -0.25) is 48.3 Å². The lowest BCUT2D eigenvalue weighted by molar-refractivity contribution is -0.161. The molecule has 2 fully saturated rings. The maximum Gasteiger partial charge on any atom is 0.329 e. The second kappa shape index (κ2) is 27.1. The number of hydrogen-bond donors (Lipinski definition) is 4. The lowest BCUT2D eigenvalue weighted by atomic mass is 9.89. The van der Waals surface area contributed by atoms with Crippen LogP contribution in [0.15, 0.2) is 60.9 Å². The maximum atomic E-state index is 15.1. The fourth-order valence-electron chi connectivity index (χ4n) is 8.98. The van der Waals surface area contributed by atoms with Crippen LogP contribution in [-0.4, -0.2) is 200 Å². The molecule has 0 unspecified atom stereocenters. The Hall–Kier alpha value is -7.48. The van der Waals surface area contributed by atoms with Crippen LogP contribution in [-0.2, 0) is 47.8 Å². The third-order valence-corrected chi connectivity index (χ3v) is 17.1. The normalized spacial score (nSPS) is 24.9. The van der Waals surface area contributed by atoms with Crippen LogP contribution in [0.25, 0.3) is 22.1 Å². The molecule has 0 spiro atoms. The minimum Gasteiger partial charge on any atom is -0.461 e. The first-order valence-corrected chi connectivity index (χ1v) is 28.6. The van der Waals surface area contributed by atoms with Crippen molar-refractivity contribution in [1.29, 1.82) is 0 Å². The third-order valence-electron chi connectivity index (χ3n) is 14.7. The highest BCUT2D eigenvalue weighted by Gasteiger charge is 2.44. The molecular formula is C54H70N12O12S2. The van der Waals surface area contributed by atoms with E-state index in [-0.39, 0.29) is 34.7 Å². The number of hydrogen-bond acceptors (Lipinski definition) is 18. The number of amides is 8. The van der Waals surface area contributed by atoms with E-state index in [2.05, 4.69) is 41.2 Å². The molecule has 2 bridgehead atoms. The van der Waals surface area contributed by atoms with E-state index in [1.807, 2.05) is 27.7 Å². The Morgan fingerprint density at radius 3 is 1.21 bits per heavy atom. The zero-order valence-electron chi connectivity index (χ0n) is 46.8. The van der Waals surface area contributed by atoms with E-state index in [0.717, 1.165) is 41.2 Å². The van der Waals surface area contributed by atoms with Crippen LogP contribution < -0.4 is 21.3 Å². The Labute approximate surface area is 471 Å². The highest BCUT2D eigenvalue weighted by atomic mass is 33.1. The zero-order chi connectivity index (χ0) is 58.9. The van der Waals surface area contributed by atoms with Gasteiger partial charge in [0.1, 0.15) is 72.9 Å². The summed E-state index contributed by atoms with van der Waals surface area (Å²) < 4.78 is 11.7. The van der Waals surface area contributed by atoms with Crippen molar-refractivity contribution in [1.82, 2.24) is 60.8 Å². The Balaban J connectivity index is 1.43. The molecule has 4 N–H and O–H groups in total. The van der Waals surface area contributed by atoms with Crippen molar-refractivity contribution >= 4 is 103 Å². The van der Waals surface area contributed by atoms with Gasteiger partial charge in [-0.1, -0.05) is 87.4 Å². The zero-order valence-corrected chi connectivity index (χ0v) is 48.5. The van der Waals surface area contributed by atoms with Crippen LogP contribution in [0.2, 0.25) is 0 Å². The first-order chi connectivity index (χ1) is 37.8. The second-order valence-electron chi connectivity index (χ2n) is 20.8. The van der Waals surface area contributed by atoms with E-state index in [4.69, 9.17) is 9.47 Å². The van der Waals surface area contributed by atoms with Crippen molar-refractivity contribution < 1.29 is 57.4 Å². The quantitative estimate of drug-likeness (QED) is 0.145. The van der Waals surface area contributed by atoms with Gasteiger partial charge in [-0.15, -0.1) is 0 Å². The summed E-state index contributed by atoms with van der Waals surface area (Å²) in [4.78, 5) is 167. The molecule has 24 nitrogen and oxygen atoms in total. The molecule has 2 saturated heterocycles. The number of para-hydroxylation sites is 4. The standard InChI is InChI=1S/C54H70N12O12S2/c1-27(2)29(5)43-53(75)77-23-39(61-45(67)37-21-55-33-17-13-15-19-35(33)59-37)47(69)57-32(8)50(72)64(10)42-26-80-79-25-41(51(73)65(43)11)63(9)49(71)31(7)58-48(70)40(24-78-54(76)44(30(6)28(3)4)66(12)52(42)74)62-46(68)38-22-56-34-18-14-16-20-36(34)60-38/h13-22,27-32,39-44H,23-26H2,1-12H3,(H,57,69)(H,58,70)(H,61,67)(H,62,68)/t29-,30-,31+,32+,39-,40-,41-,42+,43+,44+/m1/s1. The topological polar surface area (TPSA) is 302 Å². The lowest BCUT2D eigenvalue weighted by Crippen LogP contribution is -2.61. The van der Waals surface area contributed by atoms with E-state index >= 15 is 9.59 Å². The summed E-state index contributed by atoms with van der Waals surface area (Å²) in [5, 5.41) is 10.3. The van der Waals surface area contributed by atoms with Crippen molar-refractivity contribution in [3.05, 3.63) is 72.3 Å². The molecule has 4 heterocycles.